The lowest BCUT2D eigenvalue weighted by molar-refractivity contribution is -0.124. The summed E-state index contributed by atoms with van der Waals surface area (Å²) in [7, 11) is 0. The number of thiazole rings is 1. The molecular weight excluding hydrogens is 446 g/mol. The summed E-state index contributed by atoms with van der Waals surface area (Å²) in [4.78, 5) is 36.0. The molecule has 0 bridgehead atoms. The fraction of sp³-hybridized carbons (Fsp3) is 0.375. The summed E-state index contributed by atoms with van der Waals surface area (Å²) in [5.41, 5.74) is 0.807. The minimum Gasteiger partial charge on any atom is -0.312 e. The van der Waals surface area contributed by atoms with Gasteiger partial charge in [0, 0.05) is 31.7 Å². The number of fused-ring (bicyclic) bond motifs is 1. The molecule has 6 nitrogen and oxygen atoms in total. The fourth-order valence-electron chi connectivity index (χ4n) is 4.06. The van der Waals surface area contributed by atoms with E-state index < -0.39 is 11.7 Å². The first-order valence-corrected chi connectivity index (χ1v) is 11.9. The molecule has 1 unspecified atom stereocenters. The Bertz CT molecular complexity index is 1150. The van der Waals surface area contributed by atoms with Crippen molar-refractivity contribution in [1.29, 1.82) is 0 Å². The van der Waals surface area contributed by atoms with E-state index in [2.05, 4.69) is 23.7 Å². The Kier molecular flexibility index (Phi) is 6.99. The Hall–Kier alpha value is -2.91. The minimum absolute atomic E-state index is 0.0667. The van der Waals surface area contributed by atoms with Crippen LogP contribution in [0.3, 0.4) is 0 Å². The fourth-order valence-corrected chi connectivity index (χ4v) is 5.08. The van der Waals surface area contributed by atoms with E-state index in [9.17, 15) is 18.4 Å². The summed E-state index contributed by atoms with van der Waals surface area (Å²) in [6.45, 7) is 7.03. The summed E-state index contributed by atoms with van der Waals surface area (Å²) in [5, 5.41) is 0.430. The quantitative estimate of drug-likeness (QED) is 0.491. The lowest BCUT2D eigenvalue weighted by Crippen LogP contribution is -2.42. The van der Waals surface area contributed by atoms with Crippen LogP contribution in [0, 0.1) is 17.6 Å². The molecule has 0 saturated carbocycles. The van der Waals surface area contributed by atoms with Crippen LogP contribution in [0.15, 0.2) is 42.5 Å². The van der Waals surface area contributed by atoms with Crippen molar-refractivity contribution in [1.82, 2.24) is 9.88 Å². The van der Waals surface area contributed by atoms with E-state index in [0.29, 0.717) is 28.6 Å². The Morgan fingerprint density at radius 3 is 2.52 bits per heavy atom. The van der Waals surface area contributed by atoms with Gasteiger partial charge in [0.25, 0.3) is 0 Å². The second-order valence-corrected chi connectivity index (χ2v) is 8.99. The third-order valence-electron chi connectivity index (χ3n) is 6.00. The molecule has 0 aliphatic carbocycles. The highest BCUT2D eigenvalue weighted by Gasteiger charge is 2.38. The first kappa shape index (κ1) is 23.3. The molecule has 33 heavy (non-hydrogen) atoms. The van der Waals surface area contributed by atoms with E-state index in [1.165, 1.54) is 46.6 Å². The summed E-state index contributed by atoms with van der Waals surface area (Å²) in [5.74, 6) is -1.76. The second-order valence-electron chi connectivity index (χ2n) is 7.98. The lowest BCUT2D eigenvalue weighted by atomic mass is 10.1. The molecule has 2 heterocycles. The zero-order chi connectivity index (χ0) is 23.5. The van der Waals surface area contributed by atoms with Gasteiger partial charge >= 0.3 is 0 Å². The normalized spacial score (nSPS) is 16.2. The van der Waals surface area contributed by atoms with Crippen molar-refractivity contribution >= 4 is 44.2 Å². The maximum absolute atomic E-state index is 14.3. The van der Waals surface area contributed by atoms with Crippen LogP contribution < -0.4 is 9.80 Å². The SMILES string of the molecule is CCN(CC)CCN(C(=O)C1CC(=O)N(c2ccc(F)cc2)C1)c1nc2c(F)cccc2s1. The van der Waals surface area contributed by atoms with Crippen LogP contribution >= 0.6 is 11.3 Å². The molecule has 4 rings (SSSR count). The van der Waals surface area contributed by atoms with Crippen LogP contribution in [-0.4, -0.2) is 54.4 Å². The summed E-state index contributed by atoms with van der Waals surface area (Å²) < 4.78 is 28.2. The number of rotatable bonds is 8. The second kappa shape index (κ2) is 9.93. The number of anilines is 2. The van der Waals surface area contributed by atoms with Gasteiger partial charge in [-0.1, -0.05) is 31.3 Å². The van der Waals surface area contributed by atoms with Crippen LogP contribution in [-0.2, 0) is 9.59 Å². The van der Waals surface area contributed by atoms with Gasteiger partial charge in [-0.3, -0.25) is 14.5 Å². The Labute approximate surface area is 195 Å². The highest BCUT2D eigenvalue weighted by Crippen LogP contribution is 2.33. The number of hydrogen-bond donors (Lipinski definition) is 0. The van der Waals surface area contributed by atoms with Gasteiger partial charge < -0.3 is 9.80 Å². The molecular formula is C24H26F2N4O2S. The average molecular weight is 473 g/mol. The Balaban J connectivity index is 1.60. The van der Waals surface area contributed by atoms with E-state index in [1.54, 1.807) is 17.0 Å². The molecule has 0 radical (unpaired) electrons. The van der Waals surface area contributed by atoms with Crippen LogP contribution in [0.2, 0.25) is 0 Å². The van der Waals surface area contributed by atoms with Crippen molar-refractivity contribution in [3.8, 4) is 0 Å². The van der Waals surface area contributed by atoms with Crippen molar-refractivity contribution in [3.05, 3.63) is 54.1 Å². The summed E-state index contributed by atoms with van der Waals surface area (Å²) in [6, 6.07) is 10.4. The summed E-state index contributed by atoms with van der Waals surface area (Å²) in [6.07, 6.45) is 0.0667. The van der Waals surface area contributed by atoms with E-state index in [0.717, 1.165) is 13.1 Å². The first-order chi connectivity index (χ1) is 15.9. The van der Waals surface area contributed by atoms with Gasteiger partial charge in [-0.05, 0) is 49.5 Å². The monoisotopic (exact) mass is 472 g/mol. The third-order valence-corrected chi connectivity index (χ3v) is 7.05. The van der Waals surface area contributed by atoms with Crippen molar-refractivity contribution in [2.24, 2.45) is 5.92 Å². The zero-order valence-corrected chi connectivity index (χ0v) is 19.4. The molecule has 0 N–H and O–H groups in total. The number of likely N-dealkylation sites (N-methyl/N-ethyl adjacent to an activating group) is 1. The predicted molar refractivity (Wildman–Crippen MR) is 127 cm³/mol. The van der Waals surface area contributed by atoms with E-state index in [4.69, 9.17) is 0 Å². The molecule has 1 saturated heterocycles. The van der Waals surface area contributed by atoms with E-state index >= 15 is 0 Å². The topological polar surface area (TPSA) is 56.8 Å². The van der Waals surface area contributed by atoms with Gasteiger partial charge in [0.15, 0.2) is 5.13 Å². The number of aromatic nitrogens is 1. The number of carbonyl (C=O) groups excluding carboxylic acids is 2. The Morgan fingerprint density at radius 1 is 1.12 bits per heavy atom. The van der Waals surface area contributed by atoms with Gasteiger partial charge in [-0.2, -0.15) is 0 Å². The summed E-state index contributed by atoms with van der Waals surface area (Å²) >= 11 is 1.27. The maximum atomic E-state index is 14.3. The standard InChI is InChI=1S/C24H26F2N4O2S/c1-3-28(4-2)12-13-29(24-27-22-19(26)6-5-7-20(22)33-24)23(32)16-14-21(31)30(15-16)18-10-8-17(25)9-11-18/h5-11,16H,3-4,12-15H2,1-2H3. The molecule has 9 heteroatoms. The molecule has 1 fully saturated rings. The van der Waals surface area contributed by atoms with Gasteiger partial charge in [0.2, 0.25) is 11.8 Å². The molecule has 1 aromatic heterocycles. The third kappa shape index (κ3) is 4.89. The first-order valence-electron chi connectivity index (χ1n) is 11.1. The van der Waals surface area contributed by atoms with Crippen molar-refractivity contribution in [3.63, 3.8) is 0 Å². The number of halogens is 2. The molecule has 1 aliphatic heterocycles. The minimum atomic E-state index is -0.559. The lowest BCUT2D eigenvalue weighted by Gasteiger charge is -2.26. The molecule has 0 spiro atoms. The van der Waals surface area contributed by atoms with E-state index in [-0.39, 0.29) is 36.1 Å². The number of hydrogen-bond acceptors (Lipinski definition) is 5. The molecule has 1 aliphatic rings. The largest absolute Gasteiger partial charge is 0.312 e. The molecule has 3 aromatic rings. The van der Waals surface area contributed by atoms with E-state index in [1.807, 2.05) is 0 Å². The Morgan fingerprint density at radius 2 is 1.85 bits per heavy atom. The van der Waals surface area contributed by atoms with Gasteiger partial charge in [0.1, 0.15) is 17.2 Å². The van der Waals surface area contributed by atoms with Crippen molar-refractivity contribution in [2.75, 3.05) is 42.5 Å². The number of para-hydroxylation sites is 1. The highest BCUT2D eigenvalue weighted by atomic mass is 32.1. The average Bonchev–Trinajstić information content (AvgIpc) is 3.42. The van der Waals surface area contributed by atoms with Gasteiger partial charge in [0.05, 0.1) is 10.6 Å². The maximum Gasteiger partial charge on any atom is 0.234 e. The van der Waals surface area contributed by atoms with Gasteiger partial charge in [-0.15, -0.1) is 0 Å². The van der Waals surface area contributed by atoms with Crippen molar-refractivity contribution in [2.45, 2.75) is 20.3 Å². The smallest absolute Gasteiger partial charge is 0.234 e. The molecule has 1 atom stereocenters. The van der Waals surface area contributed by atoms with Crippen molar-refractivity contribution < 1.29 is 18.4 Å². The zero-order valence-electron chi connectivity index (χ0n) is 18.6. The number of benzene rings is 2. The van der Waals surface area contributed by atoms with Crippen LogP contribution in [0.5, 0.6) is 0 Å². The molecule has 2 amide bonds. The van der Waals surface area contributed by atoms with Crippen LogP contribution in [0.1, 0.15) is 20.3 Å². The molecule has 2 aromatic carbocycles. The number of nitrogens with zero attached hydrogens (tertiary/aromatic N) is 4. The number of amides is 2. The van der Waals surface area contributed by atoms with Crippen LogP contribution in [0.25, 0.3) is 10.2 Å². The van der Waals surface area contributed by atoms with Crippen LogP contribution in [0.4, 0.5) is 19.6 Å². The highest BCUT2D eigenvalue weighted by molar-refractivity contribution is 7.22. The van der Waals surface area contributed by atoms with Gasteiger partial charge in [-0.25, -0.2) is 13.8 Å². The number of carbonyl (C=O) groups is 2. The predicted octanol–water partition coefficient (Wildman–Crippen LogP) is 4.30. The molecule has 174 valence electrons.